The van der Waals surface area contributed by atoms with Gasteiger partial charge in [0.2, 0.25) is 5.91 Å². The fraction of sp³-hybridized carbons (Fsp3) is 0.667. The second-order valence-corrected chi connectivity index (χ2v) is 9.44. The number of pyridine rings is 1. The third kappa shape index (κ3) is 3.19. The van der Waals surface area contributed by atoms with E-state index in [1.165, 1.54) is 0 Å². The summed E-state index contributed by atoms with van der Waals surface area (Å²) in [5.74, 6) is 1.14. The van der Waals surface area contributed by atoms with Crippen LogP contribution in [0.1, 0.15) is 62.4 Å². The van der Waals surface area contributed by atoms with Crippen LogP contribution in [0.15, 0.2) is 12.3 Å². The first-order chi connectivity index (χ1) is 12.7. The Hall–Kier alpha value is -2.11. The van der Waals surface area contributed by atoms with Crippen molar-refractivity contribution in [1.29, 1.82) is 0 Å². The molecule has 6 nitrogen and oxygen atoms in total. The second kappa shape index (κ2) is 6.21. The third-order valence-electron chi connectivity index (χ3n) is 6.59. The highest BCUT2D eigenvalue weighted by atomic mass is 16.2. The third-order valence-corrected chi connectivity index (χ3v) is 6.59. The number of carbonyl (C=O) groups is 2. The number of aromatic nitrogens is 1. The van der Waals surface area contributed by atoms with Gasteiger partial charge in [0, 0.05) is 37.3 Å². The van der Waals surface area contributed by atoms with E-state index in [0.717, 1.165) is 43.5 Å². The minimum Gasteiger partial charge on any atom is -0.365 e. The molecule has 1 saturated carbocycles. The first kappa shape index (κ1) is 18.3. The number of hydrogen-bond acceptors (Lipinski definition) is 4. The lowest BCUT2D eigenvalue weighted by Crippen LogP contribution is -2.49. The van der Waals surface area contributed by atoms with Gasteiger partial charge in [-0.3, -0.25) is 9.59 Å². The van der Waals surface area contributed by atoms with Gasteiger partial charge in [-0.15, -0.1) is 0 Å². The molecule has 1 N–H and O–H groups in total. The Morgan fingerprint density at radius 1 is 1.30 bits per heavy atom. The van der Waals surface area contributed by atoms with Crippen LogP contribution in [-0.2, 0) is 11.2 Å². The van der Waals surface area contributed by atoms with Crippen LogP contribution in [0.25, 0.3) is 0 Å². The maximum atomic E-state index is 13.0. The number of amides is 2. The van der Waals surface area contributed by atoms with E-state index in [1.54, 1.807) is 6.20 Å². The minimum atomic E-state index is -0.185. The number of fused-ring (bicyclic) bond motifs is 1. The van der Waals surface area contributed by atoms with E-state index in [9.17, 15) is 9.59 Å². The van der Waals surface area contributed by atoms with Gasteiger partial charge < -0.3 is 15.1 Å². The molecule has 0 unspecified atom stereocenters. The van der Waals surface area contributed by atoms with E-state index in [-0.39, 0.29) is 28.8 Å². The molecular formula is C21H30N4O2. The average Bonchev–Trinajstić information content (AvgIpc) is 3.19. The van der Waals surface area contributed by atoms with Gasteiger partial charge in [0.05, 0.1) is 11.6 Å². The zero-order valence-corrected chi connectivity index (χ0v) is 16.8. The Morgan fingerprint density at radius 3 is 2.70 bits per heavy atom. The predicted octanol–water partition coefficient (Wildman–Crippen LogP) is 2.69. The summed E-state index contributed by atoms with van der Waals surface area (Å²) in [5, 5.41) is 3.39. The first-order valence-electron chi connectivity index (χ1n) is 10.0. The number of nitrogens with one attached hydrogen (secondary N) is 1. The predicted molar refractivity (Wildman–Crippen MR) is 105 cm³/mol. The van der Waals surface area contributed by atoms with Crippen molar-refractivity contribution in [3.63, 3.8) is 0 Å². The van der Waals surface area contributed by atoms with Gasteiger partial charge >= 0.3 is 0 Å². The Balaban J connectivity index is 1.42. The van der Waals surface area contributed by atoms with E-state index in [1.807, 2.05) is 22.9 Å². The van der Waals surface area contributed by atoms with Crippen LogP contribution >= 0.6 is 0 Å². The van der Waals surface area contributed by atoms with Gasteiger partial charge in [-0.2, -0.15) is 0 Å². The summed E-state index contributed by atoms with van der Waals surface area (Å²) in [5.41, 5.74) is 1.55. The number of nitrogens with zero attached hydrogens (tertiary/aromatic N) is 3. The van der Waals surface area contributed by atoms with Crippen molar-refractivity contribution in [3.05, 3.63) is 23.4 Å². The number of likely N-dealkylation sites (N-methyl/N-ethyl adjacent to an activating group) is 1. The standard InChI is InChI=1S/C21H30N4O2/c1-20(2)11-14-10-15(12-22-17(14)23-20)18(26)25-9-6-16(13-25)24(4)19(27)21(3)7-5-8-21/h10,12,16H,5-9,11,13H2,1-4H3,(H,22,23)/t16-/m0/s1. The monoisotopic (exact) mass is 370 g/mol. The topological polar surface area (TPSA) is 65.5 Å². The summed E-state index contributed by atoms with van der Waals surface area (Å²) < 4.78 is 0. The van der Waals surface area contributed by atoms with Crippen molar-refractivity contribution in [3.8, 4) is 0 Å². The summed E-state index contributed by atoms with van der Waals surface area (Å²) in [6.45, 7) is 7.64. The Kier molecular flexibility index (Phi) is 4.20. The molecule has 0 spiro atoms. The van der Waals surface area contributed by atoms with Crippen LogP contribution in [0, 0.1) is 5.41 Å². The highest BCUT2D eigenvalue weighted by Gasteiger charge is 2.43. The quantitative estimate of drug-likeness (QED) is 0.888. The summed E-state index contributed by atoms with van der Waals surface area (Å²) in [7, 11) is 1.90. The van der Waals surface area contributed by atoms with Gasteiger partial charge in [-0.25, -0.2) is 4.98 Å². The van der Waals surface area contributed by atoms with Crippen molar-refractivity contribution in [2.75, 3.05) is 25.5 Å². The summed E-state index contributed by atoms with van der Waals surface area (Å²) in [6.07, 6.45) is 6.49. The van der Waals surface area contributed by atoms with Crippen LogP contribution in [0.3, 0.4) is 0 Å². The summed E-state index contributed by atoms with van der Waals surface area (Å²) >= 11 is 0. The molecule has 1 aliphatic carbocycles. The van der Waals surface area contributed by atoms with Gasteiger partial charge in [-0.1, -0.05) is 13.3 Å². The number of carbonyl (C=O) groups excluding carboxylic acids is 2. The molecule has 1 aromatic rings. The minimum absolute atomic E-state index is 0.0174. The van der Waals surface area contributed by atoms with Crippen molar-refractivity contribution in [2.24, 2.45) is 5.41 Å². The maximum Gasteiger partial charge on any atom is 0.255 e. The van der Waals surface area contributed by atoms with Gasteiger partial charge in [0.25, 0.3) is 5.91 Å². The number of rotatable bonds is 3. The van der Waals surface area contributed by atoms with E-state index in [0.29, 0.717) is 18.7 Å². The van der Waals surface area contributed by atoms with Crippen molar-refractivity contribution < 1.29 is 9.59 Å². The normalized spacial score (nSPS) is 24.7. The maximum absolute atomic E-state index is 13.0. The molecule has 0 radical (unpaired) electrons. The largest absolute Gasteiger partial charge is 0.365 e. The molecule has 6 heteroatoms. The Morgan fingerprint density at radius 2 is 2.04 bits per heavy atom. The molecule has 1 aromatic heterocycles. The lowest BCUT2D eigenvalue weighted by molar-refractivity contribution is -0.146. The highest BCUT2D eigenvalue weighted by Crippen LogP contribution is 2.42. The van der Waals surface area contributed by atoms with Crippen LogP contribution in [-0.4, -0.2) is 58.3 Å². The van der Waals surface area contributed by atoms with Gasteiger partial charge in [-0.05, 0) is 51.2 Å². The molecule has 2 fully saturated rings. The average molecular weight is 370 g/mol. The molecule has 4 rings (SSSR count). The van der Waals surface area contributed by atoms with Gasteiger partial charge in [0.15, 0.2) is 0 Å². The van der Waals surface area contributed by atoms with E-state index >= 15 is 0 Å². The molecule has 1 atom stereocenters. The number of anilines is 1. The van der Waals surface area contributed by atoms with Crippen molar-refractivity contribution >= 4 is 17.6 Å². The molecule has 27 heavy (non-hydrogen) atoms. The van der Waals surface area contributed by atoms with Crippen LogP contribution in [0.2, 0.25) is 0 Å². The summed E-state index contributed by atoms with van der Waals surface area (Å²) in [4.78, 5) is 34.0. The van der Waals surface area contributed by atoms with E-state index in [2.05, 4.69) is 31.1 Å². The molecule has 3 aliphatic rings. The first-order valence-corrected chi connectivity index (χ1v) is 10.0. The van der Waals surface area contributed by atoms with Crippen LogP contribution in [0.4, 0.5) is 5.82 Å². The Labute approximate surface area is 161 Å². The zero-order chi connectivity index (χ0) is 19.4. The molecule has 2 aliphatic heterocycles. The zero-order valence-electron chi connectivity index (χ0n) is 16.8. The fourth-order valence-electron chi connectivity index (χ4n) is 4.65. The fourth-order valence-corrected chi connectivity index (χ4v) is 4.65. The lowest BCUT2D eigenvalue weighted by atomic mass is 9.69. The van der Waals surface area contributed by atoms with E-state index < -0.39 is 0 Å². The van der Waals surface area contributed by atoms with Crippen LogP contribution < -0.4 is 5.32 Å². The summed E-state index contributed by atoms with van der Waals surface area (Å²) in [6, 6.07) is 2.09. The SMILES string of the molecule is CN(C(=O)C1(C)CCC1)[C@H]1CCN(C(=O)c2cnc3c(c2)CC(C)(C)N3)C1. The molecule has 1 saturated heterocycles. The van der Waals surface area contributed by atoms with Crippen molar-refractivity contribution in [2.45, 2.75) is 64.5 Å². The molecule has 146 valence electrons. The highest BCUT2D eigenvalue weighted by molar-refractivity contribution is 5.95. The molecule has 3 heterocycles. The smallest absolute Gasteiger partial charge is 0.255 e. The van der Waals surface area contributed by atoms with Gasteiger partial charge in [0.1, 0.15) is 5.82 Å². The van der Waals surface area contributed by atoms with E-state index in [4.69, 9.17) is 0 Å². The number of likely N-dealkylation sites (tertiary alicyclic amines) is 1. The molecular weight excluding hydrogens is 340 g/mol. The van der Waals surface area contributed by atoms with Crippen molar-refractivity contribution in [1.82, 2.24) is 14.8 Å². The Bertz CT molecular complexity index is 784. The molecule has 0 bridgehead atoms. The molecule has 0 aromatic carbocycles. The van der Waals surface area contributed by atoms with Crippen LogP contribution in [0.5, 0.6) is 0 Å². The number of hydrogen-bond donors (Lipinski definition) is 1. The molecule has 2 amide bonds. The second-order valence-electron chi connectivity index (χ2n) is 9.44. The lowest BCUT2D eigenvalue weighted by Gasteiger charge is -2.41.